The predicted molar refractivity (Wildman–Crippen MR) is 155 cm³/mol. The van der Waals surface area contributed by atoms with Gasteiger partial charge in [0.25, 0.3) is 0 Å². The fourth-order valence-corrected chi connectivity index (χ4v) is 6.45. The number of rotatable bonds is 8. The smallest absolute Gasteiger partial charge is 0.234 e. The van der Waals surface area contributed by atoms with Crippen molar-refractivity contribution < 1.29 is 4.79 Å². The maximum absolute atomic E-state index is 13.3. The lowest BCUT2D eigenvalue weighted by Crippen LogP contribution is -2.59. The van der Waals surface area contributed by atoms with Crippen LogP contribution in [0.3, 0.4) is 0 Å². The maximum Gasteiger partial charge on any atom is 0.234 e. The highest BCUT2D eigenvalue weighted by atomic mass is 16.2. The second-order valence-electron chi connectivity index (χ2n) is 11.2. The standard InChI is InChI=1S/C33H42N4O/c1-33(29-16-10-5-11-17-29,30-18-20-35(2)21-19-30)37-24-22-36(23-25-37)26-31(38)34-32(27-12-6-3-7-13-27)28-14-8-4-9-15-28/h3-17,30,32H,18-26H2,1-2H3,(H,34,38). The van der Waals surface area contributed by atoms with Crippen LogP contribution in [0.5, 0.6) is 0 Å². The topological polar surface area (TPSA) is 38.8 Å². The van der Waals surface area contributed by atoms with E-state index >= 15 is 0 Å². The molecule has 1 amide bonds. The van der Waals surface area contributed by atoms with E-state index in [1.807, 2.05) is 36.4 Å². The lowest BCUT2D eigenvalue weighted by atomic mass is 9.73. The minimum absolute atomic E-state index is 0.0165. The summed E-state index contributed by atoms with van der Waals surface area (Å²) in [4.78, 5) is 20.7. The number of carbonyl (C=O) groups excluding carboxylic acids is 1. The van der Waals surface area contributed by atoms with Crippen molar-refractivity contribution in [3.05, 3.63) is 108 Å². The van der Waals surface area contributed by atoms with Gasteiger partial charge in [-0.1, -0.05) is 91.0 Å². The Balaban J connectivity index is 1.24. The highest BCUT2D eigenvalue weighted by Crippen LogP contribution is 2.41. The van der Waals surface area contributed by atoms with E-state index < -0.39 is 0 Å². The number of piperazine rings is 1. The molecule has 2 heterocycles. The molecule has 5 nitrogen and oxygen atoms in total. The first-order chi connectivity index (χ1) is 18.5. The van der Waals surface area contributed by atoms with Crippen LogP contribution in [0.4, 0.5) is 0 Å². The van der Waals surface area contributed by atoms with Gasteiger partial charge in [-0.25, -0.2) is 0 Å². The molecular formula is C33H42N4O. The predicted octanol–water partition coefficient (Wildman–Crippen LogP) is 4.77. The maximum atomic E-state index is 13.3. The zero-order valence-corrected chi connectivity index (χ0v) is 22.9. The summed E-state index contributed by atoms with van der Waals surface area (Å²) in [5.41, 5.74) is 3.65. The molecule has 5 heteroatoms. The number of benzene rings is 3. The Morgan fingerprint density at radius 2 is 1.29 bits per heavy atom. The normalized spacial score (nSPS) is 19.8. The average molecular weight is 511 g/mol. The van der Waals surface area contributed by atoms with Crippen LogP contribution < -0.4 is 5.32 Å². The van der Waals surface area contributed by atoms with Gasteiger partial charge in [0.2, 0.25) is 5.91 Å². The number of amides is 1. The van der Waals surface area contributed by atoms with Crippen molar-refractivity contribution in [2.75, 3.05) is 52.9 Å². The molecule has 0 aliphatic carbocycles. The number of carbonyl (C=O) groups is 1. The lowest BCUT2D eigenvalue weighted by molar-refractivity contribution is -0.123. The number of piperidine rings is 1. The molecule has 0 bridgehead atoms. The second-order valence-corrected chi connectivity index (χ2v) is 11.2. The quantitative estimate of drug-likeness (QED) is 0.474. The third kappa shape index (κ3) is 6.01. The van der Waals surface area contributed by atoms with Crippen LogP contribution in [0.1, 0.15) is 42.5 Å². The molecular weight excluding hydrogens is 468 g/mol. The monoisotopic (exact) mass is 510 g/mol. The molecule has 0 radical (unpaired) electrons. The van der Waals surface area contributed by atoms with Crippen LogP contribution in [-0.2, 0) is 10.3 Å². The van der Waals surface area contributed by atoms with E-state index in [9.17, 15) is 4.79 Å². The average Bonchev–Trinajstić information content (AvgIpc) is 2.97. The molecule has 0 saturated carbocycles. The summed E-state index contributed by atoms with van der Waals surface area (Å²) in [5.74, 6) is 0.714. The molecule has 3 aromatic rings. The zero-order chi connectivity index (χ0) is 26.4. The van der Waals surface area contributed by atoms with E-state index in [1.165, 1.54) is 18.4 Å². The number of hydrogen-bond acceptors (Lipinski definition) is 4. The van der Waals surface area contributed by atoms with Gasteiger partial charge in [0, 0.05) is 31.7 Å². The van der Waals surface area contributed by atoms with E-state index in [0.717, 1.165) is 50.4 Å². The molecule has 200 valence electrons. The van der Waals surface area contributed by atoms with Crippen LogP contribution in [0, 0.1) is 5.92 Å². The van der Waals surface area contributed by atoms with Gasteiger partial charge in [-0.3, -0.25) is 14.6 Å². The van der Waals surface area contributed by atoms with Crippen molar-refractivity contribution in [1.29, 1.82) is 0 Å². The highest BCUT2D eigenvalue weighted by molar-refractivity contribution is 5.79. The molecule has 0 aromatic heterocycles. The SMILES string of the molecule is CN1CCC(C(C)(c2ccccc2)N2CCN(CC(=O)NC(c3ccccc3)c3ccccc3)CC2)CC1. The van der Waals surface area contributed by atoms with Crippen molar-refractivity contribution in [1.82, 2.24) is 20.0 Å². The molecule has 1 unspecified atom stereocenters. The summed E-state index contributed by atoms with van der Waals surface area (Å²) in [6, 6.07) is 31.5. The van der Waals surface area contributed by atoms with Gasteiger partial charge in [0.05, 0.1) is 12.6 Å². The van der Waals surface area contributed by atoms with Gasteiger partial charge >= 0.3 is 0 Å². The first-order valence-corrected chi connectivity index (χ1v) is 14.1. The first kappa shape index (κ1) is 26.6. The molecule has 1 atom stereocenters. The summed E-state index contributed by atoms with van der Waals surface area (Å²) in [7, 11) is 2.24. The first-order valence-electron chi connectivity index (χ1n) is 14.1. The van der Waals surface area contributed by atoms with E-state index in [1.54, 1.807) is 0 Å². The molecule has 2 fully saturated rings. The van der Waals surface area contributed by atoms with Crippen LogP contribution in [0.2, 0.25) is 0 Å². The number of nitrogens with zero attached hydrogens (tertiary/aromatic N) is 3. The van der Waals surface area contributed by atoms with Gasteiger partial charge in [-0.05, 0) is 62.5 Å². The van der Waals surface area contributed by atoms with Crippen molar-refractivity contribution >= 4 is 5.91 Å². The van der Waals surface area contributed by atoms with Gasteiger partial charge in [-0.15, -0.1) is 0 Å². The lowest BCUT2D eigenvalue weighted by Gasteiger charge is -2.52. The largest absolute Gasteiger partial charge is 0.344 e. The molecule has 2 saturated heterocycles. The second kappa shape index (κ2) is 12.2. The summed E-state index contributed by atoms with van der Waals surface area (Å²) >= 11 is 0. The van der Waals surface area contributed by atoms with Crippen LogP contribution in [0.25, 0.3) is 0 Å². The van der Waals surface area contributed by atoms with E-state index in [2.05, 4.69) is 88.6 Å². The Kier molecular flexibility index (Phi) is 8.58. The number of likely N-dealkylation sites (tertiary alicyclic amines) is 1. The molecule has 5 rings (SSSR count). The Morgan fingerprint density at radius 1 is 0.789 bits per heavy atom. The van der Waals surface area contributed by atoms with Gasteiger partial charge < -0.3 is 10.2 Å². The summed E-state index contributed by atoms with van der Waals surface area (Å²) in [6.07, 6.45) is 2.45. The van der Waals surface area contributed by atoms with Crippen molar-refractivity contribution in [3.8, 4) is 0 Å². The Labute approximate surface area is 228 Å². The van der Waals surface area contributed by atoms with Crippen molar-refractivity contribution in [2.24, 2.45) is 5.92 Å². The third-order valence-electron chi connectivity index (χ3n) is 8.84. The number of hydrogen-bond donors (Lipinski definition) is 1. The fourth-order valence-electron chi connectivity index (χ4n) is 6.45. The summed E-state index contributed by atoms with van der Waals surface area (Å²) < 4.78 is 0. The number of nitrogens with one attached hydrogen (secondary N) is 1. The summed E-state index contributed by atoms with van der Waals surface area (Å²) in [6.45, 7) is 8.99. The molecule has 1 N–H and O–H groups in total. The van der Waals surface area contributed by atoms with Gasteiger partial charge in [0.1, 0.15) is 0 Å². The highest BCUT2D eigenvalue weighted by Gasteiger charge is 2.43. The van der Waals surface area contributed by atoms with Gasteiger partial charge in [0.15, 0.2) is 0 Å². The van der Waals surface area contributed by atoms with Crippen molar-refractivity contribution in [2.45, 2.75) is 31.3 Å². The van der Waals surface area contributed by atoms with Crippen molar-refractivity contribution in [3.63, 3.8) is 0 Å². The zero-order valence-electron chi connectivity index (χ0n) is 22.9. The van der Waals surface area contributed by atoms with Gasteiger partial charge in [-0.2, -0.15) is 0 Å². The molecule has 3 aromatic carbocycles. The Morgan fingerprint density at radius 3 is 1.82 bits per heavy atom. The molecule has 38 heavy (non-hydrogen) atoms. The Bertz CT molecular complexity index is 1100. The van der Waals surface area contributed by atoms with Crippen LogP contribution in [-0.4, -0.2) is 73.5 Å². The minimum Gasteiger partial charge on any atom is -0.344 e. The molecule has 2 aliphatic rings. The summed E-state index contributed by atoms with van der Waals surface area (Å²) in [5, 5.41) is 3.32. The fraction of sp³-hybridized carbons (Fsp3) is 0.424. The Hall–Kier alpha value is -2.99. The van der Waals surface area contributed by atoms with Crippen LogP contribution in [0.15, 0.2) is 91.0 Å². The van der Waals surface area contributed by atoms with E-state index in [-0.39, 0.29) is 17.5 Å². The van der Waals surface area contributed by atoms with E-state index in [4.69, 9.17) is 0 Å². The third-order valence-corrected chi connectivity index (χ3v) is 8.84. The van der Waals surface area contributed by atoms with E-state index in [0.29, 0.717) is 12.5 Å². The minimum atomic E-state index is -0.142. The molecule has 2 aliphatic heterocycles. The van der Waals surface area contributed by atoms with Crippen LogP contribution >= 0.6 is 0 Å². The molecule has 0 spiro atoms.